The molecule has 17 heavy (non-hydrogen) atoms. The Hall–Kier alpha value is -1.01. The smallest absolute Gasteiger partial charge is 0.227 e. The number of hydrogen-bond acceptors (Lipinski definition) is 10. The van der Waals surface area contributed by atoms with Crippen molar-refractivity contribution in [2.75, 3.05) is 26.3 Å². The van der Waals surface area contributed by atoms with E-state index in [0.29, 0.717) is 0 Å². The number of hydrogen-bond donors (Lipinski definition) is 9. The molecule has 0 amide bonds. The fourth-order valence-electron chi connectivity index (χ4n) is 1.45. The van der Waals surface area contributed by atoms with Crippen molar-refractivity contribution in [3.63, 3.8) is 0 Å². The van der Waals surface area contributed by atoms with Crippen LogP contribution in [0.5, 0.6) is 0 Å². The third kappa shape index (κ3) is 4.05. The predicted molar refractivity (Wildman–Crippen MR) is 61.9 cm³/mol. The van der Waals surface area contributed by atoms with E-state index in [0.717, 1.165) is 0 Å². The standard InChI is InChI=1S/C7H20N8O2/c8-5-13-6(9,11-1-3-16)15-7(10,14-5)12-2-4-17/h11-12,15-17H,1-4,9-10H2,(H3,8,13,14). The van der Waals surface area contributed by atoms with Crippen LogP contribution in [-0.4, -0.2) is 54.3 Å². The van der Waals surface area contributed by atoms with Gasteiger partial charge in [-0.15, -0.1) is 0 Å². The Morgan fingerprint density at radius 2 is 1.76 bits per heavy atom. The fraction of sp³-hybridized carbons (Fsp3) is 0.857. The van der Waals surface area contributed by atoms with E-state index in [1.165, 1.54) is 0 Å². The van der Waals surface area contributed by atoms with Crippen LogP contribution in [0.2, 0.25) is 0 Å². The number of nitrogens with zero attached hydrogens (tertiary/aromatic N) is 1. The van der Waals surface area contributed by atoms with Gasteiger partial charge >= 0.3 is 0 Å². The lowest BCUT2D eigenvalue weighted by Gasteiger charge is -2.43. The molecule has 0 spiro atoms. The Labute approximate surface area is 98.6 Å². The maximum Gasteiger partial charge on any atom is 0.227 e. The van der Waals surface area contributed by atoms with Crippen LogP contribution in [-0.2, 0) is 0 Å². The van der Waals surface area contributed by atoms with Gasteiger partial charge in [0.2, 0.25) is 11.8 Å². The monoisotopic (exact) mass is 248 g/mol. The van der Waals surface area contributed by atoms with E-state index in [-0.39, 0.29) is 32.3 Å². The van der Waals surface area contributed by atoms with Crippen LogP contribution in [0, 0.1) is 0 Å². The number of aliphatic imine (C=N–C) groups is 1. The van der Waals surface area contributed by atoms with E-state index in [2.05, 4.69) is 26.3 Å². The van der Waals surface area contributed by atoms with E-state index in [1.54, 1.807) is 0 Å². The third-order valence-corrected chi connectivity index (χ3v) is 2.03. The van der Waals surface area contributed by atoms with Gasteiger partial charge in [-0.25, -0.2) is 10.3 Å². The normalized spacial score (nSPS) is 33.1. The van der Waals surface area contributed by atoms with Gasteiger partial charge in [0.25, 0.3) is 0 Å². The molecule has 2 unspecified atom stereocenters. The van der Waals surface area contributed by atoms with Crippen LogP contribution in [0.25, 0.3) is 0 Å². The van der Waals surface area contributed by atoms with Crippen molar-refractivity contribution in [1.82, 2.24) is 21.3 Å². The zero-order valence-corrected chi connectivity index (χ0v) is 9.40. The Balaban J connectivity index is 2.71. The van der Waals surface area contributed by atoms with Crippen LogP contribution < -0.4 is 38.5 Å². The lowest BCUT2D eigenvalue weighted by Crippen LogP contribution is -2.85. The van der Waals surface area contributed by atoms with Gasteiger partial charge in [0.05, 0.1) is 13.2 Å². The zero-order valence-electron chi connectivity index (χ0n) is 9.40. The summed E-state index contributed by atoms with van der Waals surface area (Å²) in [7, 11) is 0. The van der Waals surface area contributed by atoms with Gasteiger partial charge < -0.3 is 21.3 Å². The number of rotatable bonds is 6. The molecule has 0 aromatic rings. The Kier molecular flexibility index (Phi) is 4.59. The maximum absolute atomic E-state index is 8.73. The highest BCUT2D eigenvalue weighted by Crippen LogP contribution is 2.02. The van der Waals surface area contributed by atoms with Crippen molar-refractivity contribution < 1.29 is 10.2 Å². The van der Waals surface area contributed by atoms with Crippen molar-refractivity contribution in [3.05, 3.63) is 0 Å². The topological polar surface area (TPSA) is 179 Å². The first-order valence-corrected chi connectivity index (χ1v) is 5.15. The summed E-state index contributed by atoms with van der Waals surface area (Å²) in [5, 5.41) is 28.4. The molecule has 1 heterocycles. The summed E-state index contributed by atoms with van der Waals surface area (Å²) in [6.07, 6.45) is 0. The van der Waals surface area contributed by atoms with E-state index < -0.39 is 11.8 Å². The molecule has 1 aliphatic rings. The van der Waals surface area contributed by atoms with Gasteiger partial charge in [0, 0.05) is 13.1 Å². The number of aliphatic hydroxyl groups is 2. The second kappa shape index (κ2) is 5.55. The molecule has 0 saturated carbocycles. The molecule has 10 heteroatoms. The van der Waals surface area contributed by atoms with Crippen LogP contribution >= 0.6 is 0 Å². The summed E-state index contributed by atoms with van der Waals surface area (Å²) in [4.78, 5) is 3.90. The fourth-order valence-corrected chi connectivity index (χ4v) is 1.45. The molecule has 1 rings (SSSR count). The number of guanidine groups is 1. The second-order valence-corrected chi connectivity index (χ2v) is 3.62. The van der Waals surface area contributed by atoms with Gasteiger partial charge in [0.15, 0.2) is 5.96 Å². The van der Waals surface area contributed by atoms with Crippen LogP contribution in [0.4, 0.5) is 0 Å². The molecule has 0 saturated heterocycles. The molecule has 2 atom stereocenters. The Morgan fingerprint density at radius 3 is 2.35 bits per heavy atom. The minimum atomic E-state index is -1.39. The summed E-state index contributed by atoms with van der Waals surface area (Å²) in [6.45, 7) is 0.252. The van der Waals surface area contributed by atoms with E-state index in [1.807, 2.05) is 0 Å². The first kappa shape index (κ1) is 14.1. The van der Waals surface area contributed by atoms with Crippen LogP contribution in [0.15, 0.2) is 4.99 Å². The van der Waals surface area contributed by atoms with Gasteiger partial charge in [-0.1, -0.05) is 0 Å². The molecule has 10 nitrogen and oxygen atoms in total. The van der Waals surface area contributed by atoms with E-state index in [4.69, 9.17) is 27.4 Å². The zero-order chi connectivity index (χ0) is 12.9. The molecular formula is C7H20N8O2. The summed E-state index contributed by atoms with van der Waals surface area (Å²) in [5.41, 5.74) is 17.3. The SMILES string of the molecule is NC1=NC(N)(NCCO)NC(N)(NCCO)N1. The highest BCUT2D eigenvalue weighted by molar-refractivity contribution is 5.79. The number of aliphatic hydroxyl groups excluding tert-OH is 2. The molecule has 0 bridgehead atoms. The molecule has 0 aromatic carbocycles. The first-order chi connectivity index (χ1) is 7.93. The minimum absolute atomic E-state index is 0.0321. The average molecular weight is 248 g/mol. The van der Waals surface area contributed by atoms with Crippen molar-refractivity contribution >= 4 is 5.96 Å². The molecule has 0 aliphatic carbocycles. The predicted octanol–water partition coefficient (Wildman–Crippen LogP) is -5.20. The summed E-state index contributed by atoms with van der Waals surface area (Å²) < 4.78 is 0. The largest absolute Gasteiger partial charge is 0.395 e. The molecular weight excluding hydrogens is 228 g/mol. The molecule has 0 aromatic heterocycles. The lowest BCUT2D eigenvalue weighted by molar-refractivity contribution is 0.106. The van der Waals surface area contributed by atoms with Crippen LogP contribution in [0.3, 0.4) is 0 Å². The third-order valence-electron chi connectivity index (χ3n) is 2.03. The van der Waals surface area contributed by atoms with Gasteiger partial charge in [-0.3, -0.25) is 22.1 Å². The molecule has 12 N–H and O–H groups in total. The minimum Gasteiger partial charge on any atom is -0.395 e. The summed E-state index contributed by atoms with van der Waals surface area (Å²) in [5.74, 6) is -2.66. The first-order valence-electron chi connectivity index (χ1n) is 5.15. The second-order valence-electron chi connectivity index (χ2n) is 3.62. The maximum atomic E-state index is 8.73. The highest BCUT2D eigenvalue weighted by atomic mass is 16.3. The number of nitrogens with two attached hydrogens (primary N) is 3. The van der Waals surface area contributed by atoms with Gasteiger partial charge in [0.1, 0.15) is 0 Å². The van der Waals surface area contributed by atoms with Crippen molar-refractivity contribution in [1.29, 1.82) is 0 Å². The summed E-state index contributed by atoms with van der Waals surface area (Å²) >= 11 is 0. The van der Waals surface area contributed by atoms with Crippen molar-refractivity contribution in [2.24, 2.45) is 22.2 Å². The summed E-state index contributed by atoms with van der Waals surface area (Å²) in [6, 6.07) is 0. The van der Waals surface area contributed by atoms with Gasteiger partial charge in [-0.2, -0.15) is 0 Å². The van der Waals surface area contributed by atoms with Crippen LogP contribution in [0.1, 0.15) is 0 Å². The van der Waals surface area contributed by atoms with Crippen molar-refractivity contribution in [3.8, 4) is 0 Å². The Bertz CT molecular complexity index is 287. The van der Waals surface area contributed by atoms with E-state index >= 15 is 0 Å². The molecule has 1 aliphatic heterocycles. The highest BCUT2D eigenvalue weighted by Gasteiger charge is 2.39. The average Bonchev–Trinajstić information content (AvgIpc) is 2.22. The molecule has 0 fully saturated rings. The van der Waals surface area contributed by atoms with Crippen molar-refractivity contribution in [2.45, 2.75) is 11.8 Å². The van der Waals surface area contributed by atoms with E-state index in [9.17, 15) is 0 Å². The Morgan fingerprint density at radius 1 is 1.18 bits per heavy atom. The lowest BCUT2D eigenvalue weighted by atomic mass is 10.4. The molecule has 0 radical (unpaired) electrons. The quantitative estimate of drug-likeness (QED) is 0.208. The van der Waals surface area contributed by atoms with Gasteiger partial charge in [-0.05, 0) is 0 Å². The molecule has 100 valence electrons. The number of nitrogens with one attached hydrogen (secondary N) is 4.